The van der Waals surface area contributed by atoms with Gasteiger partial charge in [0.15, 0.2) is 5.75 Å². The fourth-order valence-electron chi connectivity index (χ4n) is 2.74. The maximum atomic E-state index is 12.6. The Labute approximate surface area is 158 Å². The molecule has 0 saturated carbocycles. The summed E-state index contributed by atoms with van der Waals surface area (Å²) in [6.07, 6.45) is 1.71. The van der Waals surface area contributed by atoms with Crippen molar-refractivity contribution in [3.63, 3.8) is 0 Å². The van der Waals surface area contributed by atoms with Crippen molar-refractivity contribution in [3.8, 4) is 5.75 Å². The molecule has 0 aliphatic carbocycles. The van der Waals surface area contributed by atoms with Gasteiger partial charge in [-0.2, -0.15) is 0 Å². The van der Waals surface area contributed by atoms with Gasteiger partial charge < -0.3 is 10.4 Å². The van der Waals surface area contributed by atoms with E-state index in [1.54, 1.807) is 6.20 Å². The van der Waals surface area contributed by atoms with Gasteiger partial charge in [0.1, 0.15) is 4.88 Å². The maximum absolute atomic E-state index is 12.6. The van der Waals surface area contributed by atoms with Crippen LogP contribution in [0.2, 0.25) is 0 Å². The molecule has 128 valence electrons. The molecular weight excluding hydrogens is 362 g/mol. The zero-order chi connectivity index (χ0) is 17.9. The van der Waals surface area contributed by atoms with Crippen LogP contribution in [0.15, 0.2) is 78.3 Å². The smallest absolute Gasteiger partial charge is 0.269 e. The van der Waals surface area contributed by atoms with Crippen molar-refractivity contribution in [2.45, 2.75) is 0 Å². The minimum Gasteiger partial charge on any atom is -0.505 e. The molecule has 0 bridgehead atoms. The summed E-state index contributed by atoms with van der Waals surface area (Å²) in [5, 5.41) is 15.0. The van der Waals surface area contributed by atoms with Crippen LogP contribution in [0, 0.1) is 0 Å². The molecule has 4 aromatic rings. The number of thiophene rings is 2. The van der Waals surface area contributed by atoms with E-state index in [0.29, 0.717) is 4.88 Å². The van der Waals surface area contributed by atoms with Gasteiger partial charge in [-0.15, -0.1) is 22.7 Å². The third-order valence-electron chi connectivity index (χ3n) is 3.99. The van der Waals surface area contributed by atoms with Gasteiger partial charge in [0.2, 0.25) is 0 Å². The predicted octanol–water partition coefficient (Wildman–Crippen LogP) is 5.49. The molecule has 4 rings (SSSR count). The molecule has 0 atom stereocenters. The van der Waals surface area contributed by atoms with Crippen molar-refractivity contribution >= 4 is 43.6 Å². The Morgan fingerprint density at radius 3 is 2.12 bits per heavy atom. The minimum absolute atomic E-state index is 0.0619. The first-order chi connectivity index (χ1) is 12.7. The van der Waals surface area contributed by atoms with Gasteiger partial charge >= 0.3 is 0 Å². The number of hydrogen-bond acceptors (Lipinski definition) is 4. The summed E-state index contributed by atoms with van der Waals surface area (Å²) in [6.45, 7) is 0. The Morgan fingerprint density at radius 2 is 1.54 bits per heavy atom. The Hall–Kier alpha value is -2.89. The lowest BCUT2D eigenvalue weighted by atomic mass is 9.99. The second-order valence-corrected chi connectivity index (χ2v) is 7.63. The van der Waals surface area contributed by atoms with Crippen molar-refractivity contribution in [1.82, 2.24) is 5.32 Å². The number of nitrogens with one attached hydrogen (secondary N) is 1. The number of carbonyl (C=O) groups excluding carboxylic acids is 1. The molecule has 2 heterocycles. The van der Waals surface area contributed by atoms with Gasteiger partial charge in [0, 0.05) is 16.5 Å². The van der Waals surface area contributed by atoms with E-state index in [1.165, 1.54) is 22.7 Å². The van der Waals surface area contributed by atoms with Crippen molar-refractivity contribution in [1.29, 1.82) is 0 Å². The molecule has 0 aliphatic heterocycles. The summed E-state index contributed by atoms with van der Waals surface area (Å²) in [7, 11) is 0. The number of benzene rings is 2. The molecule has 2 N–H and O–H groups in total. The molecule has 5 heteroatoms. The number of rotatable bonds is 4. The van der Waals surface area contributed by atoms with E-state index in [1.807, 2.05) is 72.1 Å². The molecule has 1 amide bonds. The van der Waals surface area contributed by atoms with Crippen LogP contribution in [-0.2, 0) is 0 Å². The number of fused-ring (bicyclic) bond motifs is 1. The van der Waals surface area contributed by atoms with Crippen LogP contribution < -0.4 is 5.32 Å². The summed E-state index contributed by atoms with van der Waals surface area (Å²) >= 11 is 2.74. The second kappa shape index (κ2) is 7.15. The SMILES string of the molecule is O=C(NC=C(c1ccccc1)c1ccccc1)c1sc2ccsc2c1O. The van der Waals surface area contributed by atoms with E-state index < -0.39 is 0 Å². The average molecular weight is 377 g/mol. The lowest BCUT2D eigenvalue weighted by Crippen LogP contribution is -2.16. The molecule has 0 aliphatic rings. The Morgan fingerprint density at radius 1 is 0.923 bits per heavy atom. The Bertz CT molecular complexity index is 1040. The molecular formula is C21H15NO2S2. The van der Waals surface area contributed by atoms with Crippen molar-refractivity contribution < 1.29 is 9.90 Å². The van der Waals surface area contributed by atoms with Gasteiger partial charge in [-0.3, -0.25) is 4.79 Å². The minimum atomic E-state index is -0.305. The molecule has 3 nitrogen and oxygen atoms in total. The lowest BCUT2D eigenvalue weighted by Gasteiger charge is -2.09. The van der Waals surface area contributed by atoms with Gasteiger partial charge in [0.05, 0.1) is 4.70 Å². The summed E-state index contributed by atoms with van der Waals surface area (Å²) in [5.41, 5.74) is 2.93. The van der Waals surface area contributed by atoms with Crippen LogP contribution in [0.1, 0.15) is 20.8 Å². The molecule has 2 aromatic carbocycles. The van der Waals surface area contributed by atoms with Crippen molar-refractivity contribution in [2.24, 2.45) is 0 Å². The van der Waals surface area contributed by atoms with E-state index in [0.717, 1.165) is 26.1 Å². The summed E-state index contributed by atoms with van der Waals surface area (Å²) < 4.78 is 1.68. The highest BCUT2D eigenvalue weighted by Crippen LogP contribution is 2.40. The fraction of sp³-hybridized carbons (Fsp3) is 0. The second-order valence-electron chi connectivity index (χ2n) is 5.66. The molecule has 26 heavy (non-hydrogen) atoms. The van der Waals surface area contributed by atoms with Gasteiger partial charge in [-0.1, -0.05) is 60.7 Å². The van der Waals surface area contributed by atoms with E-state index >= 15 is 0 Å². The first-order valence-electron chi connectivity index (χ1n) is 8.05. The van der Waals surface area contributed by atoms with Gasteiger partial charge in [-0.05, 0) is 22.6 Å². The van der Waals surface area contributed by atoms with Crippen LogP contribution in [0.3, 0.4) is 0 Å². The van der Waals surface area contributed by atoms with Crippen LogP contribution in [0.4, 0.5) is 0 Å². The van der Waals surface area contributed by atoms with E-state index in [9.17, 15) is 9.90 Å². The van der Waals surface area contributed by atoms with Crippen LogP contribution in [-0.4, -0.2) is 11.0 Å². The largest absolute Gasteiger partial charge is 0.505 e. The Kier molecular flexibility index (Phi) is 4.56. The van der Waals surface area contributed by atoms with E-state index in [2.05, 4.69) is 5.32 Å². The number of hydrogen-bond donors (Lipinski definition) is 2. The number of carbonyl (C=O) groups is 1. The molecule has 0 saturated heterocycles. The van der Waals surface area contributed by atoms with E-state index in [-0.39, 0.29) is 11.7 Å². The molecule has 0 radical (unpaired) electrons. The van der Waals surface area contributed by atoms with Gasteiger partial charge in [0.25, 0.3) is 5.91 Å². The fourth-order valence-corrected chi connectivity index (χ4v) is 4.79. The molecule has 2 aromatic heterocycles. The quantitative estimate of drug-likeness (QED) is 0.494. The topological polar surface area (TPSA) is 49.3 Å². The first-order valence-corrected chi connectivity index (χ1v) is 9.74. The van der Waals surface area contributed by atoms with Crippen molar-refractivity contribution in [3.05, 3.63) is 94.3 Å². The van der Waals surface area contributed by atoms with Crippen LogP contribution in [0.25, 0.3) is 15.0 Å². The highest BCUT2D eigenvalue weighted by atomic mass is 32.1. The standard InChI is InChI=1S/C21H15NO2S2/c23-18-19-17(11-12-25-19)26-20(18)21(24)22-13-16(14-7-3-1-4-8-14)15-9-5-2-6-10-15/h1-13,23H,(H,22,24). The summed E-state index contributed by atoms with van der Waals surface area (Å²) in [4.78, 5) is 12.9. The normalized spacial score (nSPS) is 10.6. The number of amides is 1. The average Bonchev–Trinajstić information content (AvgIpc) is 3.27. The monoisotopic (exact) mass is 377 g/mol. The first kappa shape index (κ1) is 16.6. The predicted molar refractivity (Wildman–Crippen MR) is 109 cm³/mol. The molecule has 0 unspecified atom stereocenters. The molecule has 0 fully saturated rings. The van der Waals surface area contributed by atoms with Crippen molar-refractivity contribution in [2.75, 3.05) is 0 Å². The molecule has 0 spiro atoms. The Balaban J connectivity index is 1.68. The third kappa shape index (κ3) is 3.14. The van der Waals surface area contributed by atoms with Crippen LogP contribution >= 0.6 is 22.7 Å². The van der Waals surface area contributed by atoms with E-state index in [4.69, 9.17) is 0 Å². The maximum Gasteiger partial charge on any atom is 0.269 e. The third-order valence-corrected chi connectivity index (χ3v) is 6.19. The number of aromatic hydroxyl groups is 1. The summed E-state index contributed by atoms with van der Waals surface area (Å²) in [6, 6.07) is 21.7. The zero-order valence-corrected chi connectivity index (χ0v) is 15.3. The lowest BCUT2D eigenvalue weighted by molar-refractivity contribution is 0.0972. The highest BCUT2D eigenvalue weighted by molar-refractivity contribution is 7.28. The van der Waals surface area contributed by atoms with Crippen LogP contribution in [0.5, 0.6) is 5.75 Å². The highest BCUT2D eigenvalue weighted by Gasteiger charge is 2.18. The summed E-state index contributed by atoms with van der Waals surface area (Å²) in [5.74, 6) is -0.243. The zero-order valence-electron chi connectivity index (χ0n) is 13.7. The van der Waals surface area contributed by atoms with Gasteiger partial charge in [-0.25, -0.2) is 0 Å².